The highest BCUT2D eigenvalue weighted by Gasteiger charge is 2.15. The number of rotatable bonds is 3. The first kappa shape index (κ1) is 12.9. The fraction of sp³-hybridized carbons (Fsp3) is 0.214. The highest BCUT2D eigenvalue weighted by molar-refractivity contribution is 7.85. The van der Waals surface area contributed by atoms with Crippen molar-refractivity contribution in [1.29, 1.82) is 0 Å². The quantitative estimate of drug-likeness (QED) is 0.924. The molecule has 0 aliphatic rings. The van der Waals surface area contributed by atoms with Crippen LogP contribution in [0, 0.1) is 6.92 Å². The summed E-state index contributed by atoms with van der Waals surface area (Å²) < 4.78 is 12.4. The summed E-state index contributed by atoms with van der Waals surface area (Å²) >= 11 is 0. The van der Waals surface area contributed by atoms with Crippen LogP contribution in [-0.4, -0.2) is 14.3 Å². The second kappa shape index (κ2) is 5.42. The first-order chi connectivity index (χ1) is 8.59. The lowest BCUT2D eigenvalue weighted by atomic mass is 10.2. The highest BCUT2D eigenvalue weighted by Crippen LogP contribution is 2.24. The van der Waals surface area contributed by atoms with Gasteiger partial charge in [0.15, 0.2) is 0 Å². The van der Waals surface area contributed by atoms with Crippen molar-refractivity contribution in [3.63, 3.8) is 0 Å². The molecule has 1 aromatic heterocycles. The molecule has 0 bridgehead atoms. The maximum Gasteiger partial charge on any atom is 0.0869 e. The zero-order valence-corrected chi connectivity index (χ0v) is 11.1. The standard InChI is InChI=1S/C14H15NO2S/c1-10-3-5-12(6-4-10)18(17)14-9-15-8-7-13(14)11(2)16/h3-9,11,16H,1-2H3/t11-,18+/m1/s1. The largest absolute Gasteiger partial charge is 0.389 e. The normalized spacial score (nSPS) is 14.2. The lowest BCUT2D eigenvalue weighted by Crippen LogP contribution is -2.02. The van der Waals surface area contributed by atoms with Crippen LogP contribution in [0.4, 0.5) is 0 Å². The first-order valence-electron chi connectivity index (χ1n) is 5.70. The van der Waals surface area contributed by atoms with Crippen LogP contribution in [0.3, 0.4) is 0 Å². The van der Waals surface area contributed by atoms with Crippen molar-refractivity contribution in [1.82, 2.24) is 4.98 Å². The Labute approximate surface area is 109 Å². The number of aliphatic hydroxyl groups is 1. The Balaban J connectivity index is 2.43. The van der Waals surface area contributed by atoms with Crippen LogP contribution in [0.15, 0.2) is 52.5 Å². The molecule has 3 nitrogen and oxygen atoms in total. The molecule has 0 saturated carbocycles. The fourth-order valence-electron chi connectivity index (χ4n) is 1.68. The summed E-state index contributed by atoms with van der Waals surface area (Å²) in [7, 11) is -1.31. The maximum absolute atomic E-state index is 12.4. The van der Waals surface area contributed by atoms with Gasteiger partial charge < -0.3 is 5.11 Å². The van der Waals surface area contributed by atoms with Gasteiger partial charge in [0.25, 0.3) is 0 Å². The van der Waals surface area contributed by atoms with Gasteiger partial charge in [0, 0.05) is 17.3 Å². The van der Waals surface area contributed by atoms with E-state index in [-0.39, 0.29) is 0 Å². The Kier molecular flexibility index (Phi) is 3.89. The molecule has 1 aromatic carbocycles. The number of hydrogen-bond donors (Lipinski definition) is 1. The van der Waals surface area contributed by atoms with Crippen LogP contribution >= 0.6 is 0 Å². The fourth-order valence-corrected chi connectivity index (χ4v) is 2.93. The van der Waals surface area contributed by atoms with E-state index in [0.717, 1.165) is 10.5 Å². The third-order valence-corrected chi connectivity index (χ3v) is 4.14. The van der Waals surface area contributed by atoms with Gasteiger partial charge >= 0.3 is 0 Å². The monoisotopic (exact) mass is 261 g/mol. The SMILES string of the molecule is Cc1ccc([S@](=O)c2cnccc2[C@@H](C)O)cc1. The minimum absolute atomic E-state index is 0.566. The van der Waals surface area contributed by atoms with Crippen molar-refractivity contribution < 1.29 is 9.32 Å². The molecule has 0 radical (unpaired) electrons. The van der Waals surface area contributed by atoms with Gasteiger partial charge in [-0.15, -0.1) is 0 Å². The van der Waals surface area contributed by atoms with Crippen LogP contribution in [0.25, 0.3) is 0 Å². The number of benzene rings is 1. The molecular weight excluding hydrogens is 246 g/mol. The number of aryl methyl sites for hydroxylation is 1. The minimum atomic E-state index is -1.31. The van der Waals surface area contributed by atoms with Gasteiger partial charge in [-0.05, 0) is 37.6 Å². The molecule has 0 amide bonds. The van der Waals surface area contributed by atoms with Gasteiger partial charge in [0.05, 0.1) is 21.8 Å². The van der Waals surface area contributed by atoms with Crippen LogP contribution in [0.2, 0.25) is 0 Å². The van der Waals surface area contributed by atoms with Crippen LogP contribution in [-0.2, 0) is 10.8 Å². The molecular formula is C14H15NO2S. The Hall–Kier alpha value is -1.52. The predicted molar refractivity (Wildman–Crippen MR) is 70.7 cm³/mol. The summed E-state index contributed by atoms with van der Waals surface area (Å²) in [4.78, 5) is 5.27. The van der Waals surface area contributed by atoms with E-state index in [9.17, 15) is 9.32 Å². The van der Waals surface area contributed by atoms with Crippen molar-refractivity contribution in [2.75, 3.05) is 0 Å². The molecule has 0 fully saturated rings. The van der Waals surface area contributed by atoms with Gasteiger partial charge in [-0.25, -0.2) is 4.21 Å². The molecule has 4 heteroatoms. The molecule has 2 atom stereocenters. The predicted octanol–water partition coefficient (Wildman–Crippen LogP) is 2.61. The summed E-state index contributed by atoms with van der Waals surface area (Å²) in [6, 6.07) is 9.22. The van der Waals surface area contributed by atoms with Crippen LogP contribution in [0.1, 0.15) is 24.2 Å². The Bertz CT molecular complexity index is 564. The van der Waals surface area contributed by atoms with E-state index in [0.29, 0.717) is 10.5 Å². The average Bonchev–Trinajstić information content (AvgIpc) is 2.39. The third kappa shape index (κ3) is 2.66. The van der Waals surface area contributed by atoms with Crippen molar-refractivity contribution >= 4 is 10.8 Å². The smallest absolute Gasteiger partial charge is 0.0869 e. The van der Waals surface area contributed by atoms with Crippen LogP contribution < -0.4 is 0 Å². The molecule has 1 heterocycles. The Morgan fingerprint density at radius 3 is 2.50 bits per heavy atom. The number of pyridine rings is 1. The maximum atomic E-state index is 12.4. The van der Waals surface area contributed by atoms with Crippen molar-refractivity contribution in [2.24, 2.45) is 0 Å². The van der Waals surface area contributed by atoms with E-state index in [4.69, 9.17) is 0 Å². The van der Waals surface area contributed by atoms with E-state index in [1.54, 1.807) is 25.4 Å². The first-order valence-corrected chi connectivity index (χ1v) is 6.85. The second-order valence-corrected chi connectivity index (χ2v) is 5.62. The molecule has 0 spiro atoms. The summed E-state index contributed by atoms with van der Waals surface area (Å²) in [5.41, 5.74) is 1.78. The molecule has 2 aromatic rings. The number of aromatic nitrogens is 1. The van der Waals surface area contributed by atoms with E-state index >= 15 is 0 Å². The van der Waals surface area contributed by atoms with Crippen molar-refractivity contribution in [3.05, 3.63) is 53.9 Å². The van der Waals surface area contributed by atoms with E-state index < -0.39 is 16.9 Å². The zero-order chi connectivity index (χ0) is 13.1. The lowest BCUT2D eigenvalue weighted by molar-refractivity contribution is 0.196. The molecule has 2 rings (SSSR count). The van der Waals surface area contributed by atoms with Gasteiger partial charge in [-0.2, -0.15) is 0 Å². The van der Waals surface area contributed by atoms with Gasteiger partial charge in [0.2, 0.25) is 0 Å². The van der Waals surface area contributed by atoms with Crippen LogP contribution in [0.5, 0.6) is 0 Å². The molecule has 0 unspecified atom stereocenters. The van der Waals surface area contributed by atoms with Gasteiger partial charge in [-0.1, -0.05) is 17.7 Å². The summed E-state index contributed by atoms with van der Waals surface area (Å²) in [6.07, 6.45) is 2.49. The van der Waals surface area contributed by atoms with Crippen molar-refractivity contribution in [3.8, 4) is 0 Å². The summed E-state index contributed by atoms with van der Waals surface area (Å²) in [5.74, 6) is 0. The zero-order valence-electron chi connectivity index (χ0n) is 10.3. The van der Waals surface area contributed by atoms with Crippen molar-refractivity contribution in [2.45, 2.75) is 29.7 Å². The lowest BCUT2D eigenvalue weighted by Gasteiger charge is -2.10. The van der Waals surface area contributed by atoms with E-state index in [1.165, 1.54) is 0 Å². The molecule has 0 aliphatic carbocycles. The minimum Gasteiger partial charge on any atom is -0.389 e. The summed E-state index contributed by atoms with van der Waals surface area (Å²) in [6.45, 7) is 3.64. The Morgan fingerprint density at radius 2 is 1.89 bits per heavy atom. The number of hydrogen-bond acceptors (Lipinski definition) is 3. The second-order valence-electron chi connectivity index (χ2n) is 4.17. The molecule has 0 saturated heterocycles. The summed E-state index contributed by atoms with van der Waals surface area (Å²) in [5, 5.41) is 9.68. The third-order valence-electron chi connectivity index (χ3n) is 2.70. The molecule has 18 heavy (non-hydrogen) atoms. The molecule has 94 valence electrons. The molecule has 0 aliphatic heterocycles. The van der Waals surface area contributed by atoms with E-state index in [1.807, 2.05) is 31.2 Å². The van der Waals surface area contributed by atoms with Gasteiger partial charge in [0.1, 0.15) is 0 Å². The number of nitrogens with zero attached hydrogens (tertiary/aromatic N) is 1. The highest BCUT2D eigenvalue weighted by atomic mass is 32.2. The van der Waals surface area contributed by atoms with Gasteiger partial charge in [-0.3, -0.25) is 4.98 Å². The van der Waals surface area contributed by atoms with E-state index in [2.05, 4.69) is 4.98 Å². The molecule has 1 N–H and O–H groups in total. The number of aliphatic hydroxyl groups excluding tert-OH is 1. The topological polar surface area (TPSA) is 50.2 Å². The average molecular weight is 261 g/mol. The Morgan fingerprint density at radius 1 is 1.22 bits per heavy atom.